The van der Waals surface area contributed by atoms with Crippen LogP contribution >= 0.6 is 0 Å². The van der Waals surface area contributed by atoms with Crippen molar-refractivity contribution < 1.29 is 4.79 Å². The minimum absolute atomic E-state index is 0.222. The predicted octanol–water partition coefficient (Wildman–Crippen LogP) is 6.98. The van der Waals surface area contributed by atoms with Crippen molar-refractivity contribution in [1.82, 2.24) is 30.2 Å². The lowest BCUT2D eigenvalue weighted by molar-refractivity contribution is -0.117. The van der Waals surface area contributed by atoms with E-state index in [9.17, 15) is 4.79 Å². The second-order valence-corrected chi connectivity index (χ2v) is 10.6. The molecule has 0 spiro atoms. The number of fused-ring (bicyclic) bond motifs is 2. The average Bonchev–Trinajstić information content (AvgIpc) is 3.74. The number of benzene rings is 4. The molecule has 1 amide bonds. The van der Waals surface area contributed by atoms with Crippen molar-refractivity contribution in [3.8, 4) is 22.6 Å². The van der Waals surface area contributed by atoms with Gasteiger partial charge >= 0.3 is 0 Å². The van der Waals surface area contributed by atoms with Crippen LogP contribution in [-0.2, 0) is 11.2 Å². The molecule has 1 unspecified atom stereocenters. The molecular formula is C36H29N7O. The van der Waals surface area contributed by atoms with Crippen LogP contribution in [0.15, 0.2) is 128 Å². The van der Waals surface area contributed by atoms with E-state index >= 15 is 0 Å². The second-order valence-electron chi connectivity index (χ2n) is 10.6. The molecule has 3 aromatic heterocycles. The topological polar surface area (TPSA) is 111 Å². The number of H-pyrrole nitrogens is 2. The minimum atomic E-state index is -0.606. The van der Waals surface area contributed by atoms with Crippen molar-refractivity contribution in [2.45, 2.75) is 12.5 Å². The normalized spacial score (nSPS) is 11.8. The number of hydrogen-bond acceptors (Lipinski definition) is 5. The molecule has 7 aromatic rings. The zero-order valence-electron chi connectivity index (χ0n) is 23.8. The third-order valence-electron chi connectivity index (χ3n) is 7.61. The Labute approximate surface area is 253 Å². The van der Waals surface area contributed by atoms with E-state index in [4.69, 9.17) is 4.98 Å². The van der Waals surface area contributed by atoms with Crippen LogP contribution in [0.1, 0.15) is 11.1 Å². The first-order valence-corrected chi connectivity index (χ1v) is 14.3. The van der Waals surface area contributed by atoms with E-state index in [0.29, 0.717) is 23.9 Å². The van der Waals surface area contributed by atoms with Crippen molar-refractivity contribution in [3.63, 3.8) is 0 Å². The second kappa shape index (κ2) is 11.7. The van der Waals surface area contributed by atoms with Gasteiger partial charge in [0.05, 0.1) is 11.0 Å². The van der Waals surface area contributed by atoms with Crippen LogP contribution < -0.4 is 10.6 Å². The standard InChI is InChI=1S/C36H29N7O/c1-23(27-15-16-30-31(20-27)42-34(41-30)32-21-28-9-5-6-10-29(28)22-39-32)40-33(35(44)43-36-37-17-18-38-36)19-24-11-13-26(14-12-24)25-7-3-2-4-8-25/h2-18,20-22,33,40H,1,19H2,(H,41,42)(H2,37,38,43,44). The number of rotatable bonds is 9. The van der Waals surface area contributed by atoms with E-state index in [2.05, 4.69) is 79.6 Å². The Morgan fingerprint density at radius 3 is 2.41 bits per heavy atom. The first-order chi connectivity index (χ1) is 21.6. The number of hydrogen-bond donors (Lipinski definition) is 4. The van der Waals surface area contributed by atoms with Crippen LogP contribution in [0.3, 0.4) is 0 Å². The Kier molecular flexibility index (Phi) is 7.14. The number of anilines is 1. The molecule has 4 N–H and O–H groups in total. The van der Waals surface area contributed by atoms with Gasteiger partial charge in [-0.05, 0) is 45.8 Å². The van der Waals surface area contributed by atoms with Crippen molar-refractivity contribution >= 4 is 39.4 Å². The third kappa shape index (κ3) is 5.69. The van der Waals surface area contributed by atoms with E-state index in [1.54, 1.807) is 12.4 Å². The molecule has 0 radical (unpaired) electrons. The maximum atomic E-state index is 13.4. The van der Waals surface area contributed by atoms with Crippen LogP contribution in [0, 0.1) is 0 Å². The van der Waals surface area contributed by atoms with E-state index < -0.39 is 6.04 Å². The number of aromatic amines is 2. The monoisotopic (exact) mass is 575 g/mol. The summed E-state index contributed by atoms with van der Waals surface area (Å²) in [5.41, 5.74) is 7.18. The molecule has 214 valence electrons. The summed E-state index contributed by atoms with van der Waals surface area (Å²) in [5.74, 6) is 0.859. The number of nitrogens with one attached hydrogen (secondary N) is 4. The minimum Gasteiger partial charge on any atom is -0.373 e. The summed E-state index contributed by atoms with van der Waals surface area (Å²) in [6.07, 6.45) is 5.57. The summed E-state index contributed by atoms with van der Waals surface area (Å²) in [4.78, 5) is 33.3. The lowest BCUT2D eigenvalue weighted by Crippen LogP contribution is -2.41. The highest BCUT2D eigenvalue weighted by atomic mass is 16.2. The van der Waals surface area contributed by atoms with Gasteiger partial charge in [0.1, 0.15) is 11.7 Å². The van der Waals surface area contributed by atoms with Gasteiger partial charge in [-0.15, -0.1) is 0 Å². The molecule has 0 bridgehead atoms. The van der Waals surface area contributed by atoms with Gasteiger partial charge in [-0.25, -0.2) is 9.97 Å². The maximum absolute atomic E-state index is 13.4. The summed E-state index contributed by atoms with van der Waals surface area (Å²) >= 11 is 0. The van der Waals surface area contributed by atoms with Gasteiger partial charge in [0.15, 0.2) is 5.82 Å². The summed E-state index contributed by atoms with van der Waals surface area (Å²) in [6.45, 7) is 4.28. The van der Waals surface area contributed by atoms with Gasteiger partial charge in [0.25, 0.3) is 0 Å². The number of imidazole rings is 2. The highest BCUT2D eigenvalue weighted by Gasteiger charge is 2.21. The van der Waals surface area contributed by atoms with Crippen molar-refractivity contribution in [2.75, 3.05) is 5.32 Å². The molecule has 3 heterocycles. The highest BCUT2D eigenvalue weighted by molar-refractivity contribution is 5.95. The zero-order valence-corrected chi connectivity index (χ0v) is 23.8. The predicted molar refractivity (Wildman–Crippen MR) is 176 cm³/mol. The lowest BCUT2D eigenvalue weighted by atomic mass is 10.00. The number of aromatic nitrogens is 5. The molecule has 1 atom stereocenters. The van der Waals surface area contributed by atoms with E-state index in [1.807, 2.05) is 66.9 Å². The lowest BCUT2D eigenvalue weighted by Gasteiger charge is -2.21. The number of pyridine rings is 1. The van der Waals surface area contributed by atoms with Crippen LogP contribution in [-0.4, -0.2) is 36.9 Å². The van der Waals surface area contributed by atoms with Crippen molar-refractivity contribution in [2.24, 2.45) is 0 Å². The molecule has 0 fully saturated rings. The van der Waals surface area contributed by atoms with Crippen LogP contribution in [0.5, 0.6) is 0 Å². The van der Waals surface area contributed by atoms with E-state index in [1.165, 1.54) is 0 Å². The van der Waals surface area contributed by atoms with Gasteiger partial charge < -0.3 is 15.3 Å². The molecule has 0 aliphatic heterocycles. The molecule has 44 heavy (non-hydrogen) atoms. The molecule has 4 aromatic carbocycles. The molecular weight excluding hydrogens is 546 g/mol. The van der Waals surface area contributed by atoms with Crippen molar-refractivity contribution in [1.29, 1.82) is 0 Å². The highest BCUT2D eigenvalue weighted by Crippen LogP contribution is 2.25. The Morgan fingerprint density at radius 2 is 1.61 bits per heavy atom. The third-order valence-corrected chi connectivity index (χ3v) is 7.61. The molecule has 8 nitrogen and oxygen atoms in total. The Hall–Kier alpha value is -6.02. The molecule has 0 aliphatic rings. The average molecular weight is 576 g/mol. The summed E-state index contributed by atoms with van der Waals surface area (Å²) in [6, 6.07) is 33.9. The van der Waals surface area contributed by atoms with Crippen LogP contribution in [0.2, 0.25) is 0 Å². The SMILES string of the molecule is C=C(NC(Cc1ccc(-c2ccccc2)cc1)C(=O)Nc1ncc[nH]1)c1ccc2nc(-c3cc4ccccc4cn3)[nH]c2c1. The van der Waals surface area contributed by atoms with Gasteiger partial charge in [-0.3, -0.25) is 15.1 Å². The van der Waals surface area contributed by atoms with Gasteiger partial charge in [0, 0.05) is 36.1 Å². The number of amides is 1. The van der Waals surface area contributed by atoms with E-state index in [0.717, 1.165) is 49.8 Å². The van der Waals surface area contributed by atoms with Crippen LogP contribution in [0.4, 0.5) is 5.95 Å². The van der Waals surface area contributed by atoms with Gasteiger partial charge in [0.2, 0.25) is 11.9 Å². The Balaban J connectivity index is 1.12. The number of carbonyl (C=O) groups is 1. The fraction of sp³-hybridized carbons (Fsp3) is 0.0556. The summed E-state index contributed by atoms with van der Waals surface area (Å²) in [7, 11) is 0. The summed E-state index contributed by atoms with van der Waals surface area (Å²) in [5, 5.41) is 8.42. The van der Waals surface area contributed by atoms with Gasteiger partial charge in [-0.2, -0.15) is 0 Å². The molecule has 8 heteroatoms. The quantitative estimate of drug-likeness (QED) is 0.148. The molecule has 0 saturated heterocycles. The number of nitrogens with zero attached hydrogens (tertiary/aromatic N) is 3. The van der Waals surface area contributed by atoms with E-state index in [-0.39, 0.29) is 5.91 Å². The van der Waals surface area contributed by atoms with Crippen molar-refractivity contribution in [3.05, 3.63) is 139 Å². The molecule has 0 aliphatic carbocycles. The summed E-state index contributed by atoms with van der Waals surface area (Å²) < 4.78 is 0. The fourth-order valence-electron chi connectivity index (χ4n) is 5.27. The molecule has 7 rings (SSSR count). The maximum Gasteiger partial charge on any atom is 0.249 e. The first kappa shape index (κ1) is 26.9. The Morgan fingerprint density at radius 1 is 0.841 bits per heavy atom. The number of carbonyl (C=O) groups excluding carboxylic acids is 1. The largest absolute Gasteiger partial charge is 0.373 e. The zero-order chi connectivity index (χ0) is 29.9. The van der Waals surface area contributed by atoms with Gasteiger partial charge in [-0.1, -0.05) is 91.5 Å². The Bertz CT molecular complexity index is 2080. The fourth-order valence-corrected chi connectivity index (χ4v) is 5.27. The first-order valence-electron chi connectivity index (χ1n) is 14.3. The van der Waals surface area contributed by atoms with Crippen LogP contribution in [0.25, 0.3) is 50.1 Å². The molecule has 0 saturated carbocycles. The smallest absolute Gasteiger partial charge is 0.249 e.